The van der Waals surface area contributed by atoms with Gasteiger partial charge in [-0.15, -0.1) is 0 Å². The van der Waals surface area contributed by atoms with E-state index in [-0.39, 0.29) is 5.91 Å². The van der Waals surface area contributed by atoms with Gasteiger partial charge in [-0.3, -0.25) is 4.79 Å². The lowest BCUT2D eigenvalue weighted by Crippen LogP contribution is -2.12. The Balaban J connectivity index is 1.81. The number of nitrogens with one attached hydrogen (secondary N) is 1. The van der Waals surface area contributed by atoms with E-state index in [1.165, 1.54) is 6.20 Å². The molecule has 0 bridgehead atoms. The van der Waals surface area contributed by atoms with Gasteiger partial charge in [-0.25, -0.2) is 0 Å². The molecule has 5 heteroatoms. The van der Waals surface area contributed by atoms with Crippen LogP contribution in [0, 0.1) is 0 Å². The molecular formula is C18H17N3O2. The first-order chi connectivity index (χ1) is 11.1. The van der Waals surface area contributed by atoms with Crippen LogP contribution in [0.25, 0.3) is 11.3 Å². The van der Waals surface area contributed by atoms with Crippen molar-refractivity contribution in [3.63, 3.8) is 0 Å². The van der Waals surface area contributed by atoms with E-state index < -0.39 is 0 Å². The van der Waals surface area contributed by atoms with Crippen LogP contribution in [0.1, 0.15) is 10.4 Å². The van der Waals surface area contributed by atoms with Crippen molar-refractivity contribution in [3.05, 3.63) is 66.4 Å². The van der Waals surface area contributed by atoms with Gasteiger partial charge in [0.2, 0.25) is 0 Å². The minimum atomic E-state index is -0.247. The first kappa shape index (κ1) is 14.8. The van der Waals surface area contributed by atoms with Gasteiger partial charge in [0.1, 0.15) is 5.56 Å². The summed E-state index contributed by atoms with van der Waals surface area (Å²) in [5.74, 6) is 0.218. The highest BCUT2D eigenvalue weighted by Gasteiger charge is 2.17. The second-order valence-electron chi connectivity index (χ2n) is 5.33. The minimum Gasteiger partial charge on any atom is -0.378 e. The molecule has 1 amide bonds. The number of nitrogens with zero attached hydrogens (tertiary/aromatic N) is 2. The molecule has 3 aromatic rings. The van der Waals surface area contributed by atoms with Crippen LogP contribution < -0.4 is 10.2 Å². The van der Waals surface area contributed by atoms with Crippen molar-refractivity contribution in [2.24, 2.45) is 0 Å². The molecule has 23 heavy (non-hydrogen) atoms. The molecule has 2 aromatic carbocycles. The average Bonchev–Trinajstić information content (AvgIpc) is 3.06. The third-order valence-corrected chi connectivity index (χ3v) is 3.49. The molecule has 0 atom stereocenters. The largest absolute Gasteiger partial charge is 0.378 e. The molecule has 1 aromatic heterocycles. The van der Waals surface area contributed by atoms with Crippen molar-refractivity contribution >= 4 is 17.3 Å². The van der Waals surface area contributed by atoms with Gasteiger partial charge < -0.3 is 14.7 Å². The van der Waals surface area contributed by atoms with Gasteiger partial charge in [-0.2, -0.15) is 0 Å². The summed E-state index contributed by atoms with van der Waals surface area (Å²) >= 11 is 0. The Morgan fingerprint density at radius 2 is 1.74 bits per heavy atom. The molecule has 116 valence electrons. The fraction of sp³-hybridized carbons (Fsp3) is 0.111. The molecule has 1 N–H and O–H groups in total. The molecule has 0 saturated carbocycles. The zero-order chi connectivity index (χ0) is 16.2. The lowest BCUT2D eigenvalue weighted by atomic mass is 10.1. The third-order valence-electron chi connectivity index (χ3n) is 3.49. The number of aromatic nitrogens is 1. The van der Waals surface area contributed by atoms with Gasteiger partial charge in [0.05, 0.1) is 6.20 Å². The highest BCUT2D eigenvalue weighted by molar-refractivity contribution is 6.07. The second kappa shape index (κ2) is 6.36. The van der Waals surface area contributed by atoms with Gasteiger partial charge in [0.25, 0.3) is 5.91 Å². The number of benzene rings is 2. The van der Waals surface area contributed by atoms with Crippen LogP contribution in [-0.4, -0.2) is 25.2 Å². The molecule has 1 heterocycles. The minimum absolute atomic E-state index is 0.247. The molecule has 0 unspecified atom stereocenters. The maximum Gasteiger partial charge on any atom is 0.261 e. The van der Waals surface area contributed by atoms with Crippen LogP contribution in [0.15, 0.2) is 65.3 Å². The molecule has 0 aliphatic rings. The zero-order valence-electron chi connectivity index (χ0n) is 13.0. The summed E-state index contributed by atoms with van der Waals surface area (Å²) in [6.45, 7) is 0. The summed E-state index contributed by atoms with van der Waals surface area (Å²) in [6.07, 6.45) is 1.44. The maximum absolute atomic E-state index is 12.5. The third kappa shape index (κ3) is 3.23. The van der Waals surface area contributed by atoms with E-state index >= 15 is 0 Å². The Morgan fingerprint density at radius 1 is 1.04 bits per heavy atom. The van der Waals surface area contributed by atoms with Crippen molar-refractivity contribution in [2.45, 2.75) is 0 Å². The van der Waals surface area contributed by atoms with Gasteiger partial charge in [-0.1, -0.05) is 35.5 Å². The van der Waals surface area contributed by atoms with E-state index in [1.807, 2.05) is 73.6 Å². The predicted octanol–water partition coefficient (Wildman–Crippen LogP) is 3.66. The normalized spacial score (nSPS) is 10.3. The quantitative estimate of drug-likeness (QED) is 0.799. The first-order valence-corrected chi connectivity index (χ1v) is 7.24. The first-order valence-electron chi connectivity index (χ1n) is 7.24. The summed E-state index contributed by atoms with van der Waals surface area (Å²) in [6, 6.07) is 17.1. The van der Waals surface area contributed by atoms with Crippen molar-refractivity contribution in [3.8, 4) is 11.3 Å². The number of amides is 1. The molecule has 0 spiro atoms. The summed E-state index contributed by atoms with van der Waals surface area (Å²) in [4.78, 5) is 14.5. The number of carbonyl (C=O) groups excluding carboxylic acids is 1. The molecular weight excluding hydrogens is 290 g/mol. The van der Waals surface area contributed by atoms with Crippen molar-refractivity contribution < 1.29 is 9.32 Å². The molecule has 3 rings (SSSR count). The summed E-state index contributed by atoms with van der Waals surface area (Å²) in [7, 11) is 3.94. The van der Waals surface area contributed by atoms with Crippen LogP contribution in [0.5, 0.6) is 0 Å². The number of rotatable bonds is 4. The van der Waals surface area contributed by atoms with Gasteiger partial charge in [0.15, 0.2) is 5.76 Å². The van der Waals surface area contributed by atoms with E-state index in [2.05, 4.69) is 10.5 Å². The maximum atomic E-state index is 12.5. The van der Waals surface area contributed by atoms with E-state index in [1.54, 1.807) is 0 Å². The summed E-state index contributed by atoms with van der Waals surface area (Å²) in [5, 5.41) is 6.62. The van der Waals surface area contributed by atoms with E-state index in [0.29, 0.717) is 11.3 Å². The summed E-state index contributed by atoms with van der Waals surface area (Å²) < 4.78 is 5.24. The fourth-order valence-electron chi connectivity index (χ4n) is 2.24. The smallest absolute Gasteiger partial charge is 0.261 e. The molecule has 0 fully saturated rings. The van der Waals surface area contributed by atoms with Crippen LogP contribution in [0.3, 0.4) is 0 Å². The predicted molar refractivity (Wildman–Crippen MR) is 90.7 cm³/mol. The van der Waals surface area contributed by atoms with Crippen LogP contribution >= 0.6 is 0 Å². The Morgan fingerprint density at radius 3 is 2.39 bits per heavy atom. The Hall–Kier alpha value is -3.08. The lowest BCUT2D eigenvalue weighted by Gasteiger charge is -2.13. The number of hydrogen-bond donors (Lipinski definition) is 1. The Labute approximate surface area is 134 Å². The molecule has 0 radical (unpaired) electrons. The van der Waals surface area contributed by atoms with Gasteiger partial charge in [0, 0.05) is 31.0 Å². The van der Waals surface area contributed by atoms with Crippen molar-refractivity contribution in [1.29, 1.82) is 0 Å². The average molecular weight is 307 g/mol. The van der Waals surface area contributed by atoms with E-state index in [0.717, 1.165) is 16.9 Å². The van der Waals surface area contributed by atoms with Crippen molar-refractivity contribution in [2.75, 3.05) is 24.3 Å². The zero-order valence-corrected chi connectivity index (χ0v) is 13.0. The molecule has 0 aliphatic carbocycles. The second-order valence-corrected chi connectivity index (χ2v) is 5.33. The van der Waals surface area contributed by atoms with Gasteiger partial charge >= 0.3 is 0 Å². The lowest BCUT2D eigenvalue weighted by molar-refractivity contribution is 0.102. The molecule has 0 aliphatic heterocycles. The highest BCUT2D eigenvalue weighted by Crippen LogP contribution is 2.24. The number of hydrogen-bond acceptors (Lipinski definition) is 4. The number of carbonyl (C=O) groups is 1. The monoisotopic (exact) mass is 307 g/mol. The summed E-state index contributed by atoms with van der Waals surface area (Å²) in [5.41, 5.74) is 3.02. The highest BCUT2D eigenvalue weighted by atomic mass is 16.5. The van der Waals surface area contributed by atoms with Gasteiger partial charge in [-0.05, 0) is 24.3 Å². The standard InChI is InChI=1S/C18H17N3O2/c1-21(2)15-10-8-14(9-11-15)20-18(22)16-12-19-23-17(16)13-6-4-3-5-7-13/h3-12H,1-2H3,(H,20,22). The van der Waals surface area contributed by atoms with Crippen LogP contribution in [0.2, 0.25) is 0 Å². The van der Waals surface area contributed by atoms with E-state index in [9.17, 15) is 4.79 Å². The topological polar surface area (TPSA) is 58.4 Å². The Bertz CT molecular complexity index is 793. The Kier molecular flexibility index (Phi) is 4.10. The number of anilines is 2. The van der Waals surface area contributed by atoms with E-state index in [4.69, 9.17) is 4.52 Å². The fourth-order valence-corrected chi connectivity index (χ4v) is 2.24. The SMILES string of the molecule is CN(C)c1ccc(NC(=O)c2cnoc2-c2ccccc2)cc1. The van der Waals surface area contributed by atoms with Crippen LogP contribution in [-0.2, 0) is 0 Å². The van der Waals surface area contributed by atoms with Crippen molar-refractivity contribution in [1.82, 2.24) is 5.16 Å². The van der Waals surface area contributed by atoms with Crippen LogP contribution in [0.4, 0.5) is 11.4 Å². The molecule has 0 saturated heterocycles. The molecule has 5 nitrogen and oxygen atoms in total.